The van der Waals surface area contributed by atoms with E-state index < -0.39 is 0 Å². The lowest BCUT2D eigenvalue weighted by Crippen LogP contribution is -2.18. The zero-order valence-corrected chi connectivity index (χ0v) is 10.1. The van der Waals surface area contributed by atoms with Crippen molar-refractivity contribution in [2.45, 2.75) is 6.54 Å². The van der Waals surface area contributed by atoms with Crippen LogP contribution >= 0.6 is 0 Å². The van der Waals surface area contributed by atoms with Gasteiger partial charge in [-0.2, -0.15) is 10.2 Å². The number of aromatic nitrogens is 4. The maximum Gasteiger partial charge on any atom is 0.102 e. The number of nitrogens with zero attached hydrogens (tertiary/aromatic N) is 4. The molecule has 2 aromatic rings. The quantitative estimate of drug-likeness (QED) is 0.734. The smallest absolute Gasteiger partial charge is 0.102 e. The minimum atomic E-state index is 0.712. The fourth-order valence-electron chi connectivity index (χ4n) is 1.52. The van der Waals surface area contributed by atoms with E-state index in [1.807, 2.05) is 30.2 Å². The molecule has 2 heterocycles. The zero-order chi connectivity index (χ0) is 12.1. The molecule has 2 aromatic heterocycles. The molecule has 0 aliphatic rings. The molecule has 0 radical (unpaired) electrons. The SMILES string of the molecule is COCCNCc1ccn(-c2cnn(C)c2)n1. The van der Waals surface area contributed by atoms with E-state index in [0.717, 1.165) is 24.5 Å². The van der Waals surface area contributed by atoms with Crippen LogP contribution in [-0.4, -0.2) is 39.8 Å². The number of hydrogen-bond acceptors (Lipinski definition) is 4. The second-order valence-corrected chi connectivity index (χ2v) is 3.79. The molecule has 0 aliphatic carbocycles. The van der Waals surface area contributed by atoms with Crippen molar-refractivity contribution >= 4 is 0 Å². The number of aryl methyl sites for hydroxylation is 1. The van der Waals surface area contributed by atoms with Crippen LogP contribution in [0.1, 0.15) is 5.69 Å². The molecule has 0 aliphatic heterocycles. The number of ether oxygens (including phenoxy) is 1. The highest BCUT2D eigenvalue weighted by atomic mass is 16.5. The van der Waals surface area contributed by atoms with Crippen molar-refractivity contribution in [3.05, 3.63) is 30.4 Å². The first-order valence-corrected chi connectivity index (χ1v) is 5.53. The Morgan fingerprint density at radius 3 is 3.06 bits per heavy atom. The molecule has 0 saturated carbocycles. The summed E-state index contributed by atoms with van der Waals surface area (Å²) in [6.45, 7) is 2.29. The summed E-state index contributed by atoms with van der Waals surface area (Å²) in [6, 6.07) is 1.99. The molecule has 6 heteroatoms. The van der Waals surface area contributed by atoms with Gasteiger partial charge in [-0.1, -0.05) is 0 Å². The summed E-state index contributed by atoms with van der Waals surface area (Å²) in [6.07, 6.45) is 5.65. The summed E-state index contributed by atoms with van der Waals surface area (Å²) >= 11 is 0. The zero-order valence-electron chi connectivity index (χ0n) is 10.1. The van der Waals surface area contributed by atoms with Crippen molar-refractivity contribution in [2.75, 3.05) is 20.3 Å². The average molecular weight is 235 g/mol. The predicted octanol–water partition coefficient (Wildman–Crippen LogP) is 0.342. The highest BCUT2D eigenvalue weighted by Gasteiger charge is 2.02. The molecule has 0 bridgehead atoms. The van der Waals surface area contributed by atoms with E-state index >= 15 is 0 Å². The minimum absolute atomic E-state index is 0.712. The monoisotopic (exact) mass is 235 g/mol. The van der Waals surface area contributed by atoms with Crippen molar-refractivity contribution in [1.29, 1.82) is 0 Å². The third kappa shape index (κ3) is 3.15. The van der Waals surface area contributed by atoms with Crippen molar-refractivity contribution in [3.8, 4) is 5.69 Å². The largest absolute Gasteiger partial charge is 0.383 e. The maximum atomic E-state index is 4.96. The van der Waals surface area contributed by atoms with E-state index in [4.69, 9.17) is 4.74 Å². The second kappa shape index (κ2) is 5.60. The van der Waals surface area contributed by atoms with Gasteiger partial charge in [0.15, 0.2) is 0 Å². The van der Waals surface area contributed by atoms with Crippen molar-refractivity contribution < 1.29 is 4.74 Å². The van der Waals surface area contributed by atoms with Gasteiger partial charge in [-0.3, -0.25) is 4.68 Å². The Bertz CT molecular complexity index is 462. The van der Waals surface area contributed by atoms with Crippen LogP contribution in [-0.2, 0) is 18.3 Å². The third-order valence-corrected chi connectivity index (χ3v) is 2.39. The lowest BCUT2D eigenvalue weighted by molar-refractivity contribution is 0.199. The van der Waals surface area contributed by atoms with E-state index in [1.54, 1.807) is 18.0 Å². The summed E-state index contributed by atoms with van der Waals surface area (Å²) in [5.74, 6) is 0. The molecule has 0 unspecified atom stereocenters. The molecule has 92 valence electrons. The first-order valence-electron chi connectivity index (χ1n) is 5.53. The lowest BCUT2D eigenvalue weighted by atomic mass is 10.4. The molecule has 0 fully saturated rings. The first kappa shape index (κ1) is 11.8. The van der Waals surface area contributed by atoms with Gasteiger partial charge in [-0.05, 0) is 6.07 Å². The number of rotatable bonds is 6. The lowest BCUT2D eigenvalue weighted by Gasteiger charge is -2.00. The molecule has 2 rings (SSSR count). The van der Waals surface area contributed by atoms with E-state index in [-0.39, 0.29) is 0 Å². The molecule has 0 saturated heterocycles. The molecule has 6 nitrogen and oxygen atoms in total. The van der Waals surface area contributed by atoms with E-state index in [1.165, 1.54) is 0 Å². The van der Waals surface area contributed by atoms with Gasteiger partial charge < -0.3 is 10.1 Å². The van der Waals surface area contributed by atoms with Gasteiger partial charge in [0.2, 0.25) is 0 Å². The van der Waals surface area contributed by atoms with Crippen LogP contribution in [0.25, 0.3) is 5.69 Å². The molecule has 0 amide bonds. The van der Waals surface area contributed by atoms with Crippen LogP contribution in [0.4, 0.5) is 0 Å². The average Bonchev–Trinajstić information content (AvgIpc) is 2.93. The van der Waals surface area contributed by atoms with Crippen molar-refractivity contribution in [3.63, 3.8) is 0 Å². The molecule has 0 spiro atoms. The standard InChI is InChI=1S/C11H17N5O/c1-15-9-11(8-13-15)16-5-3-10(14-16)7-12-4-6-17-2/h3,5,8-9,12H,4,6-7H2,1-2H3. The Labute approximate surface area is 100 Å². The van der Waals surface area contributed by atoms with Gasteiger partial charge in [0.05, 0.1) is 24.7 Å². The Morgan fingerprint density at radius 2 is 2.35 bits per heavy atom. The van der Waals surface area contributed by atoms with Crippen LogP contribution in [0.5, 0.6) is 0 Å². The summed E-state index contributed by atoms with van der Waals surface area (Å²) < 4.78 is 8.54. The van der Waals surface area contributed by atoms with Gasteiger partial charge >= 0.3 is 0 Å². The topological polar surface area (TPSA) is 56.9 Å². The highest BCUT2D eigenvalue weighted by Crippen LogP contribution is 2.05. The summed E-state index contributed by atoms with van der Waals surface area (Å²) in [4.78, 5) is 0. The van der Waals surface area contributed by atoms with E-state index in [9.17, 15) is 0 Å². The fraction of sp³-hybridized carbons (Fsp3) is 0.455. The number of nitrogens with one attached hydrogen (secondary N) is 1. The summed E-state index contributed by atoms with van der Waals surface area (Å²) in [7, 11) is 3.58. The molecule has 1 N–H and O–H groups in total. The number of hydrogen-bond donors (Lipinski definition) is 1. The van der Waals surface area contributed by atoms with Gasteiger partial charge in [-0.25, -0.2) is 4.68 Å². The molecule has 0 aromatic carbocycles. The Morgan fingerprint density at radius 1 is 1.47 bits per heavy atom. The van der Waals surface area contributed by atoms with Gasteiger partial charge in [0.1, 0.15) is 5.69 Å². The van der Waals surface area contributed by atoms with Crippen molar-refractivity contribution in [2.24, 2.45) is 7.05 Å². The van der Waals surface area contributed by atoms with Crippen LogP contribution in [0, 0.1) is 0 Å². The molecule has 17 heavy (non-hydrogen) atoms. The second-order valence-electron chi connectivity index (χ2n) is 3.79. The normalized spacial score (nSPS) is 10.9. The van der Waals surface area contributed by atoms with E-state index in [0.29, 0.717) is 6.61 Å². The maximum absolute atomic E-state index is 4.96. The fourth-order valence-corrected chi connectivity index (χ4v) is 1.52. The van der Waals surface area contributed by atoms with Gasteiger partial charge in [0.25, 0.3) is 0 Å². The van der Waals surface area contributed by atoms with Crippen molar-refractivity contribution in [1.82, 2.24) is 24.9 Å². The first-order chi connectivity index (χ1) is 8.29. The minimum Gasteiger partial charge on any atom is -0.383 e. The Kier molecular flexibility index (Phi) is 3.89. The summed E-state index contributed by atoms with van der Waals surface area (Å²) in [5.41, 5.74) is 1.97. The molecular formula is C11H17N5O. The predicted molar refractivity (Wildman–Crippen MR) is 63.9 cm³/mol. The highest BCUT2D eigenvalue weighted by molar-refractivity contribution is 5.24. The van der Waals surface area contributed by atoms with Gasteiger partial charge in [-0.15, -0.1) is 0 Å². The van der Waals surface area contributed by atoms with E-state index in [2.05, 4.69) is 15.5 Å². The van der Waals surface area contributed by atoms with Gasteiger partial charge in [0, 0.05) is 33.4 Å². The molecular weight excluding hydrogens is 218 g/mol. The third-order valence-electron chi connectivity index (χ3n) is 2.39. The summed E-state index contributed by atoms with van der Waals surface area (Å²) in [5, 5.41) is 11.8. The number of methoxy groups -OCH3 is 1. The van der Waals surface area contributed by atoms with Crippen LogP contribution in [0.2, 0.25) is 0 Å². The Hall–Kier alpha value is -1.66. The van der Waals surface area contributed by atoms with Crippen LogP contribution in [0.15, 0.2) is 24.7 Å². The Balaban J connectivity index is 1.92. The van der Waals surface area contributed by atoms with Crippen LogP contribution in [0.3, 0.4) is 0 Å². The van der Waals surface area contributed by atoms with Crippen LogP contribution < -0.4 is 5.32 Å². The molecule has 0 atom stereocenters.